The van der Waals surface area contributed by atoms with Crippen molar-refractivity contribution in [3.63, 3.8) is 0 Å². The highest BCUT2D eigenvalue weighted by Gasteiger charge is 2.24. The number of phenolic OH excluding ortho intramolecular Hbond substituents is 1. The van der Waals surface area contributed by atoms with Gasteiger partial charge in [-0.1, -0.05) is 6.07 Å². The lowest BCUT2D eigenvalue weighted by Gasteiger charge is -2.17. The number of nitrogens with two attached hydrogens (primary N) is 4. The number of hydrogen-bond acceptors (Lipinski definition) is 3. The zero-order valence-corrected chi connectivity index (χ0v) is 9.99. The van der Waals surface area contributed by atoms with Crippen LogP contribution in [-0.4, -0.2) is 5.11 Å². The third kappa shape index (κ3) is 3.31. The maximum atomic E-state index is 11.5. The normalized spacial score (nSPS) is 12.5. The van der Waals surface area contributed by atoms with Crippen LogP contribution < -0.4 is 32.4 Å². The Kier molecular flexibility index (Phi) is 3.44. The predicted octanol–water partition coefficient (Wildman–Crippen LogP) is -0.435. The van der Waals surface area contributed by atoms with E-state index in [0.717, 1.165) is 0 Å². The van der Waals surface area contributed by atoms with Crippen molar-refractivity contribution in [1.82, 2.24) is 0 Å². The molecule has 10 N–H and O–H groups in total. The van der Waals surface area contributed by atoms with Crippen molar-refractivity contribution in [2.45, 2.75) is 0 Å². The van der Waals surface area contributed by atoms with E-state index in [2.05, 4.69) is 5.09 Å². The summed E-state index contributed by atoms with van der Waals surface area (Å²) in [5.74, 6) is -0.383. The minimum Gasteiger partial charge on any atom is -0.507 e. The molecule has 0 amide bonds. The van der Waals surface area contributed by atoms with Crippen molar-refractivity contribution in [1.29, 1.82) is 0 Å². The second-order valence-corrected chi connectivity index (χ2v) is 6.71. The molecule has 0 saturated heterocycles. The number of anilines is 1. The first-order chi connectivity index (χ1) is 7.11. The first-order valence-electron chi connectivity index (χ1n) is 4.06. The van der Waals surface area contributed by atoms with Crippen LogP contribution in [0.5, 0.6) is 5.75 Å². The van der Waals surface area contributed by atoms with E-state index in [4.69, 9.17) is 22.0 Å². The Morgan fingerprint density at radius 3 is 2.12 bits per heavy atom. The van der Waals surface area contributed by atoms with E-state index in [9.17, 15) is 14.2 Å². The molecule has 0 fully saturated rings. The SMILES string of the molecule is NP(N)(=O)Nc1cccc(O)c1P(N)(N)=O. The molecule has 1 aromatic rings. The number of nitrogens with one attached hydrogen (secondary N) is 1. The summed E-state index contributed by atoms with van der Waals surface area (Å²) in [7, 11) is -7.32. The smallest absolute Gasteiger partial charge is 0.298 e. The minimum absolute atomic E-state index is 0.0123. The van der Waals surface area contributed by atoms with Crippen LogP contribution in [0.1, 0.15) is 0 Å². The molecule has 1 rings (SSSR count). The van der Waals surface area contributed by atoms with E-state index in [0.29, 0.717) is 0 Å². The van der Waals surface area contributed by atoms with Gasteiger partial charge in [-0.25, -0.2) is 0 Å². The molecule has 1 aromatic carbocycles. The molecule has 0 spiro atoms. The van der Waals surface area contributed by atoms with Gasteiger partial charge in [-0.15, -0.1) is 0 Å². The van der Waals surface area contributed by atoms with Crippen LogP contribution >= 0.6 is 15.0 Å². The summed E-state index contributed by atoms with van der Waals surface area (Å²) >= 11 is 0. The lowest BCUT2D eigenvalue weighted by Crippen LogP contribution is -2.24. The summed E-state index contributed by atoms with van der Waals surface area (Å²) in [5, 5.41) is 11.5. The molecule has 90 valence electrons. The standard InChI is InChI=1S/C6H13N5O3P2/c7-15(8,13)6-4(11-16(9,10)14)2-1-3-5(6)12/h1-3,12H,(H4,7,8,13)(H5,9,10,11,14). The molecule has 0 aromatic heterocycles. The monoisotopic (exact) mass is 265 g/mol. The lowest BCUT2D eigenvalue weighted by molar-refractivity contribution is 0.479. The van der Waals surface area contributed by atoms with E-state index >= 15 is 0 Å². The van der Waals surface area contributed by atoms with Crippen molar-refractivity contribution in [2.24, 2.45) is 22.0 Å². The molecule has 0 aliphatic heterocycles. The Labute approximate surface area is 92.0 Å². The Hall–Kier alpha value is -0.880. The van der Waals surface area contributed by atoms with Gasteiger partial charge in [0.05, 0.1) is 5.69 Å². The van der Waals surface area contributed by atoms with Gasteiger partial charge in [0, 0.05) is 0 Å². The van der Waals surface area contributed by atoms with Gasteiger partial charge in [-0.05, 0) is 12.1 Å². The summed E-state index contributed by atoms with van der Waals surface area (Å²) in [6.07, 6.45) is 0. The van der Waals surface area contributed by atoms with Gasteiger partial charge in [-0.3, -0.25) is 31.1 Å². The van der Waals surface area contributed by atoms with Crippen molar-refractivity contribution in [3.05, 3.63) is 18.2 Å². The average molecular weight is 265 g/mol. The zero-order valence-electron chi connectivity index (χ0n) is 8.20. The molecular formula is C6H13N5O3P2. The Morgan fingerprint density at radius 2 is 1.69 bits per heavy atom. The zero-order chi connectivity index (χ0) is 12.6. The summed E-state index contributed by atoms with van der Waals surface area (Å²) < 4.78 is 22.7. The van der Waals surface area contributed by atoms with Gasteiger partial charge in [0.2, 0.25) is 7.44 Å². The fraction of sp³-hybridized carbons (Fsp3) is 0. The Morgan fingerprint density at radius 1 is 1.12 bits per heavy atom. The van der Waals surface area contributed by atoms with Crippen LogP contribution in [-0.2, 0) is 9.13 Å². The summed E-state index contributed by atoms with van der Waals surface area (Å²) in [4.78, 5) is 0. The van der Waals surface area contributed by atoms with Crippen LogP contribution in [0.25, 0.3) is 0 Å². The van der Waals surface area contributed by atoms with E-state index in [-0.39, 0.29) is 16.7 Å². The fourth-order valence-electron chi connectivity index (χ4n) is 1.18. The molecular weight excluding hydrogens is 252 g/mol. The van der Waals surface area contributed by atoms with E-state index in [1.165, 1.54) is 18.2 Å². The summed E-state index contributed by atoms with van der Waals surface area (Å²) in [6.45, 7) is 0. The molecule has 0 unspecified atom stereocenters. The first-order valence-corrected chi connectivity index (χ1v) is 7.75. The number of phenols is 1. The highest BCUT2D eigenvalue weighted by Crippen LogP contribution is 2.37. The number of hydrogen-bond donors (Lipinski definition) is 6. The summed E-state index contributed by atoms with van der Waals surface area (Å²) in [6, 6.07) is 4.01. The fourth-order valence-corrected chi connectivity index (χ4v) is 2.77. The van der Waals surface area contributed by atoms with E-state index < -0.39 is 15.0 Å². The molecule has 16 heavy (non-hydrogen) atoms. The van der Waals surface area contributed by atoms with Crippen LogP contribution in [0.4, 0.5) is 5.69 Å². The van der Waals surface area contributed by atoms with Crippen molar-refractivity contribution in [3.8, 4) is 5.75 Å². The van der Waals surface area contributed by atoms with E-state index in [1.807, 2.05) is 0 Å². The van der Waals surface area contributed by atoms with Crippen LogP contribution in [0, 0.1) is 0 Å². The van der Waals surface area contributed by atoms with Gasteiger partial charge < -0.3 is 10.2 Å². The maximum Gasteiger partial charge on any atom is 0.298 e. The highest BCUT2D eigenvalue weighted by atomic mass is 31.2. The Balaban J connectivity index is 3.36. The minimum atomic E-state index is -3.72. The molecule has 0 radical (unpaired) electrons. The average Bonchev–Trinajstić information content (AvgIpc) is 1.97. The van der Waals surface area contributed by atoms with E-state index in [1.54, 1.807) is 0 Å². The van der Waals surface area contributed by atoms with Crippen molar-refractivity contribution < 1.29 is 14.2 Å². The molecule has 0 heterocycles. The highest BCUT2D eigenvalue weighted by molar-refractivity contribution is 7.68. The lowest BCUT2D eigenvalue weighted by atomic mass is 10.3. The predicted molar refractivity (Wildman–Crippen MR) is 63.3 cm³/mol. The van der Waals surface area contributed by atoms with Gasteiger partial charge in [0.25, 0.3) is 7.59 Å². The third-order valence-corrected chi connectivity index (χ3v) is 3.42. The topological polar surface area (TPSA) is 170 Å². The number of rotatable bonds is 3. The molecule has 0 atom stereocenters. The van der Waals surface area contributed by atoms with Gasteiger partial charge in [-0.2, -0.15) is 0 Å². The second kappa shape index (κ2) is 4.18. The number of aromatic hydroxyl groups is 1. The molecule has 0 bridgehead atoms. The molecule has 8 nitrogen and oxygen atoms in total. The van der Waals surface area contributed by atoms with Crippen LogP contribution in [0.15, 0.2) is 18.2 Å². The third-order valence-electron chi connectivity index (χ3n) is 1.66. The summed E-state index contributed by atoms with van der Waals surface area (Å²) in [5.41, 5.74) is 20.7. The largest absolute Gasteiger partial charge is 0.507 e. The number of benzene rings is 1. The molecule has 0 aliphatic carbocycles. The molecule has 10 heteroatoms. The molecule has 0 saturated carbocycles. The molecule has 0 aliphatic rings. The van der Waals surface area contributed by atoms with Crippen LogP contribution in [0.3, 0.4) is 0 Å². The van der Waals surface area contributed by atoms with Gasteiger partial charge >= 0.3 is 0 Å². The van der Waals surface area contributed by atoms with Crippen molar-refractivity contribution >= 4 is 26.0 Å². The first kappa shape index (κ1) is 13.2. The van der Waals surface area contributed by atoms with Gasteiger partial charge in [0.15, 0.2) is 0 Å². The van der Waals surface area contributed by atoms with Gasteiger partial charge in [0.1, 0.15) is 11.1 Å². The Bertz CT molecular complexity index is 493. The van der Waals surface area contributed by atoms with Crippen molar-refractivity contribution in [2.75, 3.05) is 5.09 Å². The quantitative estimate of drug-likeness (QED) is 0.399. The maximum absolute atomic E-state index is 11.5. The second-order valence-electron chi connectivity index (χ2n) is 3.20. The van der Waals surface area contributed by atoms with Crippen LogP contribution in [0.2, 0.25) is 0 Å².